The lowest BCUT2D eigenvalue weighted by molar-refractivity contribution is 0.737. The first kappa shape index (κ1) is 23.4. The van der Waals surface area contributed by atoms with Crippen LogP contribution < -0.4 is 0 Å². The lowest BCUT2D eigenvalue weighted by Gasteiger charge is -2.00. The summed E-state index contributed by atoms with van der Waals surface area (Å²) in [5.74, 6) is 20.1. The van der Waals surface area contributed by atoms with Gasteiger partial charge in [0.1, 0.15) is 0 Å². The maximum Gasteiger partial charge on any atom is 0.0859 e. The molecule has 0 saturated heterocycles. The minimum absolute atomic E-state index is 0.960. The van der Waals surface area contributed by atoms with E-state index in [0.29, 0.717) is 0 Å². The molecule has 0 rings (SSSR count). The van der Waals surface area contributed by atoms with Crippen molar-refractivity contribution in [3.8, 4) is 35.5 Å². The number of hydrogen-bond acceptors (Lipinski definition) is 0. The summed E-state index contributed by atoms with van der Waals surface area (Å²) in [7, 11) is 0. The number of allylic oxidation sites excluding steroid dienone is 2. The van der Waals surface area contributed by atoms with Crippen molar-refractivity contribution < 1.29 is 0 Å². The molecular formula is C25H38. The Morgan fingerprint density at radius 3 is 1.52 bits per heavy atom. The number of rotatable bonds is 10. The second-order valence-electron chi connectivity index (χ2n) is 6.53. The summed E-state index contributed by atoms with van der Waals surface area (Å²) in [5.41, 5.74) is 2.16. The van der Waals surface area contributed by atoms with Gasteiger partial charge < -0.3 is 0 Å². The lowest BCUT2D eigenvalue weighted by Crippen LogP contribution is -1.88. The first-order chi connectivity index (χ1) is 12.3. The molecule has 0 fully saturated rings. The fourth-order valence-electron chi connectivity index (χ4n) is 2.25. The molecule has 0 aliphatic carbocycles. The van der Waals surface area contributed by atoms with E-state index in [2.05, 4.69) is 63.2 Å². The van der Waals surface area contributed by atoms with Gasteiger partial charge in [0.2, 0.25) is 0 Å². The molecule has 0 spiro atoms. The van der Waals surface area contributed by atoms with Crippen molar-refractivity contribution in [1.29, 1.82) is 0 Å². The molecule has 0 saturated carbocycles. The van der Waals surface area contributed by atoms with Crippen LogP contribution in [0.25, 0.3) is 0 Å². The van der Waals surface area contributed by atoms with Crippen LogP contribution in [0, 0.1) is 35.5 Å². The van der Waals surface area contributed by atoms with Crippen molar-refractivity contribution in [2.24, 2.45) is 0 Å². The van der Waals surface area contributed by atoms with Crippen molar-refractivity contribution in [3.63, 3.8) is 0 Å². The van der Waals surface area contributed by atoms with Crippen LogP contribution in [0.15, 0.2) is 11.1 Å². The van der Waals surface area contributed by atoms with Gasteiger partial charge in [0, 0.05) is 24.8 Å². The zero-order valence-corrected chi connectivity index (χ0v) is 17.2. The third-order valence-corrected chi connectivity index (χ3v) is 3.96. The molecule has 0 bridgehead atoms. The number of unbranched alkanes of at least 4 members (excludes halogenated alkanes) is 8. The summed E-state index contributed by atoms with van der Waals surface area (Å²) in [6.45, 7) is 8.87. The summed E-state index contributed by atoms with van der Waals surface area (Å²) >= 11 is 0. The van der Waals surface area contributed by atoms with Gasteiger partial charge in [-0.25, -0.2) is 0 Å². The Labute approximate surface area is 158 Å². The monoisotopic (exact) mass is 338 g/mol. The zero-order chi connectivity index (χ0) is 18.6. The van der Waals surface area contributed by atoms with E-state index in [1.165, 1.54) is 50.5 Å². The Kier molecular flexibility index (Phi) is 17.6. The van der Waals surface area contributed by atoms with Crippen LogP contribution in [0.5, 0.6) is 0 Å². The van der Waals surface area contributed by atoms with E-state index in [1.807, 2.05) is 0 Å². The third kappa shape index (κ3) is 14.5. The van der Waals surface area contributed by atoms with Gasteiger partial charge in [-0.3, -0.25) is 0 Å². The minimum Gasteiger partial charge on any atom is -0.0982 e. The quantitative estimate of drug-likeness (QED) is 0.287. The lowest BCUT2D eigenvalue weighted by atomic mass is 10.0. The van der Waals surface area contributed by atoms with Crippen LogP contribution in [0.1, 0.15) is 111 Å². The third-order valence-electron chi connectivity index (χ3n) is 3.96. The van der Waals surface area contributed by atoms with Gasteiger partial charge >= 0.3 is 0 Å². The molecule has 0 aromatic rings. The molecule has 0 heterocycles. The molecule has 0 aromatic heterocycles. The molecule has 25 heavy (non-hydrogen) atoms. The van der Waals surface area contributed by atoms with Crippen LogP contribution >= 0.6 is 0 Å². The molecule has 0 aliphatic heterocycles. The van der Waals surface area contributed by atoms with Crippen molar-refractivity contribution in [1.82, 2.24) is 0 Å². The van der Waals surface area contributed by atoms with Crippen LogP contribution in [0.4, 0.5) is 0 Å². The van der Waals surface area contributed by atoms with Crippen molar-refractivity contribution >= 4 is 0 Å². The zero-order valence-electron chi connectivity index (χ0n) is 17.2. The molecule has 0 atom stereocenters. The topological polar surface area (TPSA) is 0 Å². The predicted molar refractivity (Wildman–Crippen MR) is 113 cm³/mol. The summed E-state index contributed by atoms with van der Waals surface area (Å²) in [6.07, 6.45) is 14.7. The summed E-state index contributed by atoms with van der Waals surface area (Å²) in [6, 6.07) is 0. The van der Waals surface area contributed by atoms with E-state index < -0.39 is 0 Å². The van der Waals surface area contributed by atoms with Crippen LogP contribution in [-0.4, -0.2) is 0 Å². The highest BCUT2D eigenvalue weighted by molar-refractivity contribution is 5.53. The average molecular weight is 339 g/mol. The molecule has 0 nitrogen and oxygen atoms in total. The molecule has 0 aromatic carbocycles. The van der Waals surface area contributed by atoms with E-state index in [4.69, 9.17) is 0 Å². The summed E-state index contributed by atoms with van der Waals surface area (Å²) in [5, 5.41) is 0. The van der Waals surface area contributed by atoms with Gasteiger partial charge in [-0.2, -0.15) is 0 Å². The van der Waals surface area contributed by atoms with E-state index >= 15 is 0 Å². The summed E-state index contributed by atoms with van der Waals surface area (Å²) in [4.78, 5) is 0. The van der Waals surface area contributed by atoms with Gasteiger partial charge in [0.05, 0.1) is 5.57 Å². The smallest absolute Gasteiger partial charge is 0.0859 e. The van der Waals surface area contributed by atoms with Crippen molar-refractivity contribution in [2.75, 3.05) is 0 Å². The van der Waals surface area contributed by atoms with Crippen molar-refractivity contribution in [3.05, 3.63) is 11.1 Å². The van der Waals surface area contributed by atoms with Gasteiger partial charge in [0.15, 0.2) is 0 Å². The van der Waals surface area contributed by atoms with Crippen molar-refractivity contribution in [2.45, 2.75) is 111 Å². The second kappa shape index (κ2) is 18.8. The Bertz CT molecular complexity index is 528. The van der Waals surface area contributed by atoms with E-state index in [9.17, 15) is 0 Å². The van der Waals surface area contributed by atoms with Crippen LogP contribution in [-0.2, 0) is 0 Å². The minimum atomic E-state index is 0.960. The maximum absolute atomic E-state index is 3.41. The van der Waals surface area contributed by atoms with Crippen LogP contribution in [0.2, 0.25) is 0 Å². The molecule has 138 valence electrons. The molecule has 0 amide bonds. The molecule has 0 N–H and O–H groups in total. The van der Waals surface area contributed by atoms with Gasteiger partial charge in [-0.15, -0.1) is 0 Å². The fraction of sp³-hybridized carbons (Fsp3) is 0.680. The highest BCUT2D eigenvalue weighted by Gasteiger charge is 2.00. The average Bonchev–Trinajstić information content (AvgIpc) is 2.63. The molecular weight excluding hydrogens is 300 g/mol. The fourth-order valence-corrected chi connectivity index (χ4v) is 2.25. The Hall–Kier alpha value is -1.58. The maximum atomic E-state index is 3.41. The normalized spacial score (nSPS) is 10.6. The predicted octanol–water partition coefficient (Wildman–Crippen LogP) is 7.44. The first-order valence-electron chi connectivity index (χ1n) is 10.5. The van der Waals surface area contributed by atoms with Gasteiger partial charge in [-0.1, -0.05) is 95.3 Å². The van der Waals surface area contributed by atoms with E-state index in [-0.39, 0.29) is 0 Å². The Morgan fingerprint density at radius 1 is 0.520 bits per heavy atom. The second-order valence-corrected chi connectivity index (χ2v) is 6.53. The Morgan fingerprint density at radius 2 is 1.00 bits per heavy atom. The SMILES string of the molecule is CCCCC#C/C(C#CCCCCC)=C(\C#CCCCC)CCCC. The largest absolute Gasteiger partial charge is 0.0982 e. The number of hydrogen-bond donors (Lipinski definition) is 0. The highest BCUT2D eigenvalue weighted by atomic mass is 14.0. The standard InChI is InChI=1S/C25H38/c1-5-9-13-16-19-23-25(22-18-15-11-7-3)24(20-12-8-4)21-17-14-10-6-2/h5-16,20H2,1-4H3/b25-24+. The molecule has 0 heteroatoms. The first-order valence-corrected chi connectivity index (χ1v) is 10.5. The summed E-state index contributed by atoms with van der Waals surface area (Å²) < 4.78 is 0. The van der Waals surface area contributed by atoms with Crippen LogP contribution in [0.3, 0.4) is 0 Å². The van der Waals surface area contributed by atoms with Gasteiger partial charge in [-0.05, 0) is 32.1 Å². The molecule has 0 unspecified atom stereocenters. The molecule has 0 radical (unpaired) electrons. The Balaban J connectivity index is 5.34. The van der Waals surface area contributed by atoms with E-state index in [1.54, 1.807) is 0 Å². The van der Waals surface area contributed by atoms with E-state index in [0.717, 1.165) is 44.1 Å². The van der Waals surface area contributed by atoms with Gasteiger partial charge in [0.25, 0.3) is 0 Å². The highest BCUT2D eigenvalue weighted by Crippen LogP contribution is 2.12. The molecule has 0 aliphatic rings.